The summed E-state index contributed by atoms with van der Waals surface area (Å²) >= 11 is 1.70. The minimum absolute atomic E-state index is 0.799. The molecule has 0 aromatic carbocycles. The Labute approximate surface area is 120 Å². The molecule has 0 fully saturated rings. The van der Waals surface area contributed by atoms with Crippen molar-refractivity contribution >= 4 is 28.2 Å². The molecule has 0 bridgehead atoms. The zero-order valence-electron chi connectivity index (χ0n) is 11.7. The van der Waals surface area contributed by atoms with E-state index in [-0.39, 0.29) is 0 Å². The number of nitrogens with zero attached hydrogens (tertiary/aromatic N) is 5. The molecule has 0 atom stereocenters. The first-order valence-corrected chi connectivity index (χ1v) is 7.32. The van der Waals surface area contributed by atoms with Gasteiger partial charge in [-0.2, -0.15) is 5.10 Å². The van der Waals surface area contributed by atoms with Gasteiger partial charge in [0.25, 0.3) is 0 Å². The molecule has 0 saturated carbocycles. The minimum Gasteiger partial charge on any atom is -0.369 e. The third-order valence-electron chi connectivity index (χ3n) is 3.09. The Morgan fingerprint density at radius 3 is 2.90 bits per heavy atom. The van der Waals surface area contributed by atoms with E-state index < -0.39 is 0 Å². The number of rotatable bonds is 4. The zero-order valence-corrected chi connectivity index (χ0v) is 12.5. The summed E-state index contributed by atoms with van der Waals surface area (Å²) in [6, 6.07) is 0. The monoisotopic (exact) mass is 288 g/mol. The van der Waals surface area contributed by atoms with Crippen molar-refractivity contribution in [3.63, 3.8) is 0 Å². The number of nitrogens with one attached hydrogen (secondary N) is 1. The van der Waals surface area contributed by atoms with Crippen LogP contribution >= 0.6 is 11.3 Å². The number of fused-ring (bicyclic) bond motifs is 1. The standard InChI is InChI=1S/C13H16N6S/c1-8-6-20-10(17-8)4-5-14-12-11-9(2)18-19(3)13(11)16-7-15-12/h6-7H,4-5H2,1-3H3,(H,14,15,16). The summed E-state index contributed by atoms with van der Waals surface area (Å²) in [6.07, 6.45) is 2.46. The van der Waals surface area contributed by atoms with E-state index in [0.29, 0.717) is 0 Å². The molecule has 3 aromatic rings. The molecule has 3 heterocycles. The van der Waals surface area contributed by atoms with E-state index in [9.17, 15) is 0 Å². The predicted octanol–water partition coefficient (Wildman–Crippen LogP) is 2.09. The van der Waals surface area contributed by atoms with E-state index in [0.717, 1.165) is 46.2 Å². The van der Waals surface area contributed by atoms with E-state index in [1.807, 2.05) is 20.9 Å². The number of aryl methyl sites for hydroxylation is 3. The number of hydrogen-bond donors (Lipinski definition) is 1. The van der Waals surface area contributed by atoms with Crippen molar-refractivity contribution < 1.29 is 0 Å². The molecule has 104 valence electrons. The average molecular weight is 288 g/mol. The smallest absolute Gasteiger partial charge is 0.163 e. The van der Waals surface area contributed by atoms with Crippen LogP contribution in [0.3, 0.4) is 0 Å². The maximum absolute atomic E-state index is 4.46. The maximum Gasteiger partial charge on any atom is 0.163 e. The van der Waals surface area contributed by atoms with Gasteiger partial charge in [0.05, 0.1) is 16.1 Å². The van der Waals surface area contributed by atoms with Gasteiger partial charge in [0.15, 0.2) is 5.65 Å². The number of thiazole rings is 1. The van der Waals surface area contributed by atoms with Crippen molar-refractivity contribution in [2.24, 2.45) is 7.05 Å². The van der Waals surface area contributed by atoms with Gasteiger partial charge in [0, 0.05) is 31.1 Å². The highest BCUT2D eigenvalue weighted by atomic mass is 32.1. The SMILES string of the molecule is Cc1csc(CCNc2ncnc3c2c(C)nn3C)n1. The number of aromatic nitrogens is 5. The van der Waals surface area contributed by atoms with E-state index in [1.54, 1.807) is 22.3 Å². The minimum atomic E-state index is 0.799. The van der Waals surface area contributed by atoms with Crippen molar-refractivity contribution in [2.75, 3.05) is 11.9 Å². The topological polar surface area (TPSA) is 68.5 Å². The van der Waals surface area contributed by atoms with Crippen LogP contribution in [-0.2, 0) is 13.5 Å². The number of hydrogen-bond acceptors (Lipinski definition) is 6. The molecular formula is C13H16N6S. The first-order chi connectivity index (χ1) is 9.65. The van der Waals surface area contributed by atoms with Gasteiger partial charge in [-0.05, 0) is 13.8 Å². The number of anilines is 1. The predicted molar refractivity (Wildman–Crippen MR) is 80.1 cm³/mol. The molecule has 0 unspecified atom stereocenters. The van der Waals surface area contributed by atoms with Gasteiger partial charge in [-0.15, -0.1) is 11.3 Å². The summed E-state index contributed by atoms with van der Waals surface area (Å²) in [7, 11) is 1.89. The highest BCUT2D eigenvalue weighted by Gasteiger charge is 2.11. The van der Waals surface area contributed by atoms with Crippen LogP contribution in [0.1, 0.15) is 16.4 Å². The summed E-state index contributed by atoms with van der Waals surface area (Å²) in [6.45, 7) is 4.79. The quantitative estimate of drug-likeness (QED) is 0.796. The van der Waals surface area contributed by atoms with Crippen molar-refractivity contribution in [3.8, 4) is 0 Å². The molecule has 1 N–H and O–H groups in total. The van der Waals surface area contributed by atoms with Gasteiger partial charge in [-0.3, -0.25) is 4.68 Å². The van der Waals surface area contributed by atoms with E-state index >= 15 is 0 Å². The van der Waals surface area contributed by atoms with Gasteiger partial charge in [-0.1, -0.05) is 0 Å². The van der Waals surface area contributed by atoms with Gasteiger partial charge >= 0.3 is 0 Å². The second kappa shape index (κ2) is 5.16. The van der Waals surface area contributed by atoms with E-state index in [4.69, 9.17) is 0 Å². The van der Waals surface area contributed by atoms with Crippen LogP contribution in [0.25, 0.3) is 11.0 Å². The van der Waals surface area contributed by atoms with Crippen molar-refractivity contribution in [1.82, 2.24) is 24.7 Å². The molecule has 20 heavy (non-hydrogen) atoms. The summed E-state index contributed by atoms with van der Waals surface area (Å²) in [4.78, 5) is 13.1. The van der Waals surface area contributed by atoms with Crippen molar-refractivity contribution in [1.29, 1.82) is 0 Å². The van der Waals surface area contributed by atoms with Crippen molar-refractivity contribution in [3.05, 3.63) is 28.1 Å². The third-order valence-corrected chi connectivity index (χ3v) is 4.12. The molecule has 0 radical (unpaired) electrons. The van der Waals surface area contributed by atoms with Gasteiger partial charge in [0.2, 0.25) is 0 Å². The molecule has 0 spiro atoms. The highest BCUT2D eigenvalue weighted by Crippen LogP contribution is 2.22. The second-order valence-corrected chi connectivity index (χ2v) is 5.63. The largest absolute Gasteiger partial charge is 0.369 e. The Balaban J connectivity index is 1.77. The van der Waals surface area contributed by atoms with Crippen LogP contribution < -0.4 is 5.32 Å². The second-order valence-electron chi connectivity index (χ2n) is 4.69. The molecule has 3 rings (SSSR count). The Morgan fingerprint density at radius 1 is 1.30 bits per heavy atom. The van der Waals surface area contributed by atoms with Crippen molar-refractivity contribution in [2.45, 2.75) is 20.3 Å². The molecule has 0 aliphatic carbocycles. The fourth-order valence-electron chi connectivity index (χ4n) is 2.22. The van der Waals surface area contributed by atoms with Crippen LogP contribution in [0.5, 0.6) is 0 Å². The lowest BCUT2D eigenvalue weighted by atomic mass is 10.3. The lowest BCUT2D eigenvalue weighted by molar-refractivity contribution is 0.773. The maximum atomic E-state index is 4.46. The first kappa shape index (κ1) is 13.0. The van der Waals surface area contributed by atoms with E-state index in [2.05, 4.69) is 30.7 Å². The van der Waals surface area contributed by atoms with Crippen LogP contribution in [0.15, 0.2) is 11.7 Å². The third kappa shape index (κ3) is 2.36. The van der Waals surface area contributed by atoms with Crippen LogP contribution in [0, 0.1) is 13.8 Å². The molecule has 0 amide bonds. The van der Waals surface area contributed by atoms with Gasteiger partial charge in [0.1, 0.15) is 12.1 Å². The Kier molecular flexibility index (Phi) is 3.35. The molecule has 0 aliphatic heterocycles. The molecule has 6 nitrogen and oxygen atoms in total. The summed E-state index contributed by atoms with van der Waals surface area (Å²) < 4.78 is 1.78. The molecule has 7 heteroatoms. The van der Waals surface area contributed by atoms with Crippen LogP contribution in [0.2, 0.25) is 0 Å². The summed E-state index contributed by atoms with van der Waals surface area (Å²) in [5, 5.41) is 12.0. The molecule has 0 saturated heterocycles. The Morgan fingerprint density at radius 2 is 2.15 bits per heavy atom. The summed E-state index contributed by atoms with van der Waals surface area (Å²) in [5.74, 6) is 0.842. The fraction of sp³-hybridized carbons (Fsp3) is 0.385. The molecular weight excluding hydrogens is 272 g/mol. The van der Waals surface area contributed by atoms with E-state index in [1.165, 1.54) is 0 Å². The lowest BCUT2D eigenvalue weighted by Gasteiger charge is -2.05. The Bertz CT molecular complexity index is 744. The summed E-state index contributed by atoms with van der Waals surface area (Å²) in [5.41, 5.74) is 2.87. The first-order valence-electron chi connectivity index (χ1n) is 6.44. The fourth-order valence-corrected chi connectivity index (χ4v) is 2.99. The van der Waals surface area contributed by atoms with Crippen LogP contribution in [-0.4, -0.2) is 31.3 Å². The zero-order chi connectivity index (χ0) is 14.1. The molecule has 0 aliphatic rings. The van der Waals surface area contributed by atoms with Gasteiger partial charge < -0.3 is 5.32 Å². The normalized spacial score (nSPS) is 11.2. The Hall–Kier alpha value is -2.02. The average Bonchev–Trinajstić information content (AvgIpc) is 2.95. The van der Waals surface area contributed by atoms with Crippen LogP contribution in [0.4, 0.5) is 5.82 Å². The highest BCUT2D eigenvalue weighted by molar-refractivity contribution is 7.09. The van der Waals surface area contributed by atoms with Gasteiger partial charge in [-0.25, -0.2) is 15.0 Å². The lowest BCUT2D eigenvalue weighted by Crippen LogP contribution is -2.07. The molecule has 3 aromatic heterocycles.